The summed E-state index contributed by atoms with van der Waals surface area (Å²) >= 11 is 0. The van der Waals surface area contributed by atoms with Gasteiger partial charge in [-0.3, -0.25) is 0 Å². The van der Waals surface area contributed by atoms with Crippen LogP contribution in [0.5, 0.6) is 0 Å². The minimum absolute atomic E-state index is 0.0227. The van der Waals surface area contributed by atoms with Gasteiger partial charge in [0.1, 0.15) is 0 Å². The Balaban J connectivity index is 1.96. The highest BCUT2D eigenvalue weighted by Crippen LogP contribution is 2.39. The van der Waals surface area contributed by atoms with Crippen LogP contribution in [0.15, 0.2) is 0 Å². The van der Waals surface area contributed by atoms with Crippen LogP contribution in [-0.4, -0.2) is 38.4 Å². The van der Waals surface area contributed by atoms with Crippen LogP contribution in [-0.2, 0) is 10.2 Å². The van der Waals surface area contributed by atoms with Gasteiger partial charge in [0.2, 0.25) is 0 Å². The van der Waals surface area contributed by atoms with Gasteiger partial charge in [0.05, 0.1) is 0 Å². The van der Waals surface area contributed by atoms with Crippen molar-refractivity contribution in [2.45, 2.75) is 51.5 Å². The van der Waals surface area contributed by atoms with Gasteiger partial charge in [-0.05, 0) is 31.1 Å². The first-order chi connectivity index (χ1) is 8.47. The van der Waals surface area contributed by atoms with Gasteiger partial charge in [0.25, 0.3) is 10.2 Å². The number of hydrogen-bond acceptors (Lipinski definition) is 3. The zero-order chi connectivity index (χ0) is 13.2. The second-order valence-electron chi connectivity index (χ2n) is 5.99. The van der Waals surface area contributed by atoms with Crippen molar-refractivity contribution in [1.82, 2.24) is 9.03 Å². The molecule has 1 heterocycles. The molecule has 0 aromatic heterocycles. The molecular weight excluding hydrogens is 250 g/mol. The largest absolute Gasteiger partial charge is 0.329 e. The fraction of sp³-hybridized carbons (Fsp3) is 1.00. The van der Waals surface area contributed by atoms with E-state index in [1.807, 2.05) is 0 Å². The molecule has 1 saturated heterocycles. The summed E-state index contributed by atoms with van der Waals surface area (Å²) in [4.78, 5) is 0. The molecule has 0 spiro atoms. The lowest BCUT2D eigenvalue weighted by molar-refractivity contribution is 0.164. The summed E-state index contributed by atoms with van der Waals surface area (Å²) in [5, 5.41) is 0. The van der Waals surface area contributed by atoms with Crippen molar-refractivity contribution in [2.75, 3.05) is 19.6 Å². The second kappa shape index (κ2) is 5.45. The smallest absolute Gasteiger partial charge is 0.279 e. The topological polar surface area (TPSA) is 75.4 Å². The molecule has 1 atom stereocenters. The summed E-state index contributed by atoms with van der Waals surface area (Å²) in [7, 11) is -3.35. The summed E-state index contributed by atoms with van der Waals surface area (Å²) in [6, 6.07) is -0.0227. The Morgan fingerprint density at radius 1 is 1.33 bits per heavy atom. The molecule has 2 rings (SSSR count). The fourth-order valence-electron chi connectivity index (χ4n) is 2.83. The Labute approximate surface area is 110 Å². The van der Waals surface area contributed by atoms with Crippen LogP contribution in [0.1, 0.15) is 45.4 Å². The third-order valence-corrected chi connectivity index (χ3v) is 6.00. The lowest BCUT2D eigenvalue weighted by Crippen LogP contribution is -2.53. The summed E-state index contributed by atoms with van der Waals surface area (Å²) in [5.41, 5.74) is 5.84. The third kappa shape index (κ3) is 3.04. The van der Waals surface area contributed by atoms with Crippen LogP contribution in [0.25, 0.3) is 0 Å². The molecule has 2 aliphatic rings. The van der Waals surface area contributed by atoms with Crippen molar-refractivity contribution < 1.29 is 8.42 Å². The number of rotatable bonds is 5. The molecule has 0 aromatic rings. The average molecular weight is 275 g/mol. The van der Waals surface area contributed by atoms with Crippen LogP contribution in [0.2, 0.25) is 0 Å². The molecule has 5 nitrogen and oxygen atoms in total. The van der Waals surface area contributed by atoms with Crippen LogP contribution >= 0.6 is 0 Å². The van der Waals surface area contributed by atoms with E-state index in [4.69, 9.17) is 5.73 Å². The van der Waals surface area contributed by atoms with Gasteiger partial charge in [-0.25, -0.2) is 4.72 Å². The molecule has 106 valence electrons. The minimum Gasteiger partial charge on any atom is -0.329 e. The molecule has 1 aliphatic heterocycles. The highest BCUT2D eigenvalue weighted by molar-refractivity contribution is 7.87. The number of piperidine rings is 1. The Morgan fingerprint density at radius 2 is 2.06 bits per heavy atom. The van der Waals surface area contributed by atoms with Crippen LogP contribution in [0.4, 0.5) is 0 Å². The predicted molar refractivity (Wildman–Crippen MR) is 72.3 cm³/mol. The zero-order valence-corrected chi connectivity index (χ0v) is 12.0. The van der Waals surface area contributed by atoms with E-state index >= 15 is 0 Å². The Morgan fingerprint density at radius 3 is 2.61 bits per heavy atom. The van der Waals surface area contributed by atoms with Crippen LogP contribution < -0.4 is 10.5 Å². The van der Waals surface area contributed by atoms with E-state index in [0.29, 0.717) is 19.6 Å². The maximum absolute atomic E-state index is 12.3. The molecule has 0 amide bonds. The van der Waals surface area contributed by atoms with E-state index in [2.05, 4.69) is 11.6 Å². The van der Waals surface area contributed by atoms with Crippen molar-refractivity contribution in [1.29, 1.82) is 0 Å². The van der Waals surface area contributed by atoms with E-state index in [1.54, 1.807) is 4.31 Å². The summed E-state index contributed by atoms with van der Waals surface area (Å²) in [5.74, 6) is 0. The van der Waals surface area contributed by atoms with E-state index in [1.165, 1.54) is 6.42 Å². The molecule has 0 aromatic carbocycles. The third-order valence-electron chi connectivity index (χ3n) is 4.40. The highest BCUT2D eigenvalue weighted by Gasteiger charge is 2.36. The Hall–Kier alpha value is -0.170. The van der Waals surface area contributed by atoms with Gasteiger partial charge < -0.3 is 5.73 Å². The fourth-order valence-corrected chi connectivity index (χ4v) is 4.48. The molecule has 0 radical (unpaired) electrons. The normalized spacial score (nSPS) is 28.9. The number of hydrogen-bond donors (Lipinski definition) is 2. The molecule has 1 aliphatic carbocycles. The molecule has 3 N–H and O–H groups in total. The SMILES string of the molecule is CC1(CNS(=O)(=O)N2CCCCC2CN)CCC1. The minimum atomic E-state index is -3.35. The van der Waals surface area contributed by atoms with Crippen molar-refractivity contribution in [2.24, 2.45) is 11.1 Å². The lowest BCUT2D eigenvalue weighted by atomic mass is 9.71. The van der Waals surface area contributed by atoms with E-state index in [-0.39, 0.29) is 11.5 Å². The van der Waals surface area contributed by atoms with Gasteiger partial charge in [0, 0.05) is 25.7 Å². The summed E-state index contributed by atoms with van der Waals surface area (Å²) in [6.07, 6.45) is 6.36. The number of nitrogens with zero attached hydrogens (tertiary/aromatic N) is 1. The number of nitrogens with two attached hydrogens (primary N) is 1. The van der Waals surface area contributed by atoms with Gasteiger partial charge in [-0.2, -0.15) is 12.7 Å². The summed E-state index contributed by atoms with van der Waals surface area (Å²) in [6.45, 7) is 3.73. The Bertz CT molecular complexity index is 379. The first-order valence-corrected chi connectivity index (χ1v) is 8.37. The molecule has 6 heteroatoms. The van der Waals surface area contributed by atoms with Crippen molar-refractivity contribution >= 4 is 10.2 Å². The Kier molecular flexibility index (Phi) is 4.31. The molecule has 1 saturated carbocycles. The first-order valence-electron chi connectivity index (χ1n) is 6.93. The first kappa shape index (κ1) is 14.2. The lowest BCUT2D eigenvalue weighted by Gasteiger charge is -2.40. The molecule has 18 heavy (non-hydrogen) atoms. The quantitative estimate of drug-likeness (QED) is 0.780. The molecule has 1 unspecified atom stereocenters. The van der Waals surface area contributed by atoms with Gasteiger partial charge >= 0.3 is 0 Å². The molecular formula is C12H25N3O2S. The highest BCUT2D eigenvalue weighted by atomic mass is 32.2. The predicted octanol–water partition coefficient (Wildman–Crippen LogP) is 0.824. The number of nitrogens with one attached hydrogen (secondary N) is 1. The van der Waals surface area contributed by atoms with E-state index < -0.39 is 10.2 Å². The van der Waals surface area contributed by atoms with Gasteiger partial charge in [0.15, 0.2) is 0 Å². The van der Waals surface area contributed by atoms with Gasteiger partial charge in [-0.1, -0.05) is 19.8 Å². The maximum atomic E-state index is 12.3. The van der Waals surface area contributed by atoms with Crippen molar-refractivity contribution in [3.63, 3.8) is 0 Å². The standard InChI is InChI=1S/C12H25N3O2S/c1-12(6-4-7-12)10-14-18(16,17)15-8-3-2-5-11(15)9-13/h11,14H,2-10,13H2,1H3. The molecule has 0 bridgehead atoms. The maximum Gasteiger partial charge on any atom is 0.279 e. The van der Waals surface area contributed by atoms with Crippen LogP contribution in [0, 0.1) is 5.41 Å². The van der Waals surface area contributed by atoms with Crippen LogP contribution in [0.3, 0.4) is 0 Å². The summed E-state index contributed by atoms with van der Waals surface area (Å²) < 4.78 is 28.9. The zero-order valence-electron chi connectivity index (χ0n) is 11.2. The van der Waals surface area contributed by atoms with Gasteiger partial charge in [-0.15, -0.1) is 0 Å². The molecule has 2 fully saturated rings. The average Bonchev–Trinajstić information content (AvgIpc) is 2.34. The monoisotopic (exact) mass is 275 g/mol. The van der Waals surface area contributed by atoms with Crippen molar-refractivity contribution in [3.8, 4) is 0 Å². The van der Waals surface area contributed by atoms with E-state index in [0.717, 1.165) is 32.1 Å². The second-order valence-corrected chi connectivity index (χ2v) is 7.69. The van der Waals surface area contributed by atoms with E-state index in [9.17, 15) is 8.42 Å². The van der Waals surface area contributed by atoms with Crippen molar-refractivity contribution in [3.05, 3.63) is 0 Å².